The third-order valence-electron chi connectivity index (χ3n) is 11.7. The van der Waals surface area contributed by atoms with E-state index < -0.39 is 41.9 Å². The van der Waals surface area contributed by atoms with Crippen LogP contribution in [0.5, 0.6) is 0 Å². The van der Waals surface area contributed by atoms with Crippen molar-refractivity contribution in [3.63, 3.8) is 0 Å². The van der Waals surface area contributed by atoms with E-state index in [4.69, 9.17) is 16.2 Å². The van der Waals surface area contributed by atoms with Gasteiger partial charge in [-0.3, -0.25) is 29.0 Å². The van der Waals surface area contributed by atoms with Gasteiger partial charge in [-0.1, -0.05) is 85.4 Å². The van der Waals surface area contributed by atoms with Crippen LogP contribution in [0.15, 0.2) is 71.5 Å². The van der Waals surface area contributed by atoms with Crippen LogP contribution in [0.3, 0.4) is 0 Å². The van der Waals surface area contributed by atoms with Crippen molar-refractivity contribution in [2.75, 3.05) is 30.3 Å². The van der Waals surface area contributed by atoms with Crippen LogP contribution >= 0.6 is 0 Å². The number of ether oxygens (including phenoxy) is 1. The van der Waals surface area contributed by atoms with E-state index in [0.717, 1.165) is 44.9 Å². The molecule has 0 spiro atoms. The fraction of sp³-hybridized carbons (Fsp3) is 0.491. The summed E-state index contributed by atoms with van der Waals surface area (Å²) >= 11 is 0. The summed E-state index contributed by atoms with van der Waals surface area (Å²) in [5.41, 5.74) is 15.5. The molecule has 1 aliphatic heterocycles. The zero-order valence-electron chi connectivity index (χ0n) is 42.7. The molecule has 0 unspecified atom stereocenters. The summed E-state index contributed by atoms with van der Waals surface area (Å²) < 4.78 is 5.42. The second-order valence-electron chi connectivity index (χ2n) is 18.8. The smallest absolute Gasteiger partial charge is 0.407 e. The summed E-state index contributed by atoms with van der Waals surface area (Å²) in [7, 11) is 0. The second-order valence-corrected chi connectivity index (χ2v) is 18.8. The van der Waals surface area contributed by atoms with Crippen LogP contribution in [0.2, 0.25) is 0 Å². The van der Waals surface area contributed by atoms with Gasteiger partial charge in [0.1, 0.15) is 24.5 Å². The largest absolute Gasteiger partial charge is 0.445 e. The van der Waals surface area contributed by atoms with E-state index in [1.54, 1.807) is 60.8 Å². The highest BCUT2D eigenvalue weighted by atomic mass is 16.5. The molecule has 19 heteroatoms. The average molecular weight is 994 g/mol. The van der Waals surface area contributed by atoms with E-state index in [1.165, 1.54) is 6.20 Å². The molecule has 3 aromatic rings. The molecule has 19 nitrogen and oxygen atoms in total. The molecule has 0 saturated carbocycles. The molecule has 0 fully saturated rings. The molecular weight excluding hydrogens is 919 g/mol. The summed E-state index contributed by atoms with van der Waals surface area (Å²) in [6.45, 7) is 13.5. The summed E-state index contributed by atoms with van der Waals surface area (Å²) in [5, 5.41) is 16.5. The number of nitrogens with one attached hydrogen (secondary N) is 6. The fourth-order valence-corrected chi connectivity index (χ4v) is 7.89. The Morgan fingerprint density at radius 2 is 1.49 bits per heavy atom. The third-order valence-corrected chi connectivity index (χ3v) is 11.7. The highest BCUT2D eigenvalue weighted by Gasteiger charge is 2.29. The first-order valence-electron chi connectivity index (χ1n) is 25.1. The van der Waals surface area contributed by atoms with Crippen LogP contribution in [0.4, 0.5) is 26.7 Å². The number of rotatable bonds is 28. The molecule has 4 rings (SSSR count). The van der Waals surface area contributed by atoms with Crippen molar-refractivity contribution in [3.05, 3.63) is 88.8 Å². The van der Waals surface area contributed by atoms with E-state index in [9.17, 15) is 33.6 Å². The van der Waals surface area contributed by atoms with E-state index in [2.05, 4.69) is 55.7 Å². The van der Waals surface area contributed by atoms with Crippen LogP contribution in [0.25, 0.3) is 6.08 Å². The SMILES string of the molecule is CCCN(CCC)C(=O)C1=Cc2ccc(C(=O)Nc3cncc(CNC(=O)OCc4ccc(NC(=O)[C@H](CCCNC(N)=O)NC(=O)[C@@H](NC(=O)CCCCCCC(C)C)C(C)C)cc4)c3)cc2N=C(N)C1. The number of anilines is 2. The Bertz CT molecular complexity index is 2380. The number of aromatic nitrogens is 1. The highest BCUT2D eigenvalue weighted by molar-refractivity contribution is 6.08. The minimum atomic E-state index is -1.00. The van der Waals surface area contributed by atoms with E-state index in [0.29, 0.717) is 76.7 Å². The number of alkyl carbamates (subject to hydrolysis) is 1. The number of amides is 8. The van der Waals surface area contributed by atoms with E-state index >= 15 is 0 Å². The van der Waals surface area contributed by atoms with Crippen molar-refractivity contribution in [2.24, 2.45) is 28.3 Å². The minimum Gasteiger partial charge on any atom is -0.445 e. The Labute approximate surface area is 423 Å². The first-order valence-corrected chi connectivity index (χ1v) is 25.1. The molecule has 2 aromatic carbocycles. The molecule has 72 heavy (non-hydrogen) atoms. The summed E-state index contributed by atoms with van der Waals surface area (Å²) in [6.07, 6.45) is 11.8. The van der Waals surface area contributed by atoms with Gasteiger partial charge in [0.25, 0.3) is 5.91 Å². The Morgan fingerprint density at radius 1 is 0.764 bits per heavy atom. The maximum absolute atomic E-state index is 13.6. The quantitative estimate of drug-likeness (QED) is 0.0339. The molecule has 2 heterocycles. The number of primary amides is 1. The number of amidine groups is 1. The maximum atomic E-state index is 13.6. The molecule has 2 atom stereocenters. The van der Waals surface area contributed by atoms with Crippen molar-refractivity contribution in [1.29, 1.82) is 0 Å². The Kier molecular flexibility index (Phi) is 23.7. The summed E-state index contributed by atoms with van der Waals surface area (Å²) in [5.74, 6) is -1.06. The summed E-state index contributed by atoms with van der Waals surface area (Å²) in [6, 6.07) is 10.7. The number of urea groups is 1. The van der Waals surface area contributed by atoms with Crippen molar-refractivity contribution in [3.8, 4) is 0 Å². The Morgan fingerprint density at radius 3 is 2.17 bits per heavy atom. The third kappa shape index (κ3) is 19.8. The number of hydrogen-bond acceptors (Lipinski definition) is 11. The van der Waals surface area contributed by atoms with Crippen LogP contribution in [0, 0.1) is 11.8 Å². The van der Waals surface area contributed by atoms with Gasteiger partial charge in [0.15, 0.2) is 0 Å². The van der Waals surface area contributed by atoms with E-state index in [1.807, 2.05) is 32.6 Å². The van der Waals surface area contributed by atoms with Gasteiger partial charge in [-0.25, -0.2) is 14.6 Å². The highest BCUT2D eigenvalue weighted by Crippen LogP contribution is 2.29. The van der Waals surface area contributed by atoms with E-state index in [-0.39, 0.29) is 56.1 Å². The monoisotopic (exact) mass is 994 g/mol. The average Bonchev–Trinajstić information content (AvgIpc) is 3.51. The predicted octanol–water partition coefficient (Wildman–Crippen LogP) is 7.19. The van der Waals surface area contributed by atoms with Crippen molar-refractivity contribution < 1.29 is 38.3 Å². The normalized spacial score (nSPS) is 12.8. The van der Waals surface area contributed by atoms with Gasteiger partial charge in [-0.05, 0) is 91.5 Å². The lowest BCUT2D eigenvalue weighted by atomic mass is 10.0. The predicted molar refractivity (Wildman–Crippen MR) is 280 cm³/mol. The molecule has 0 bridgehead atoms. The number of unbranched alkanes of at least 4 members (excludes halogenated alkanes) is 3. The first-order chi connectivity index (χ1) is 34.5. The lowest BCUT2D eigenvalue weighted by Gasteiger charge is -2.25. The van der Waals surface area contributed by atoms with Crippen LogP contribution in [-0.4, -0.2) is 89.1 Å². The molecule has 10 N–H and O–H groups in total. The van der Waals surface area contributed by atoms with Crippen LogP contribution < -0.4 is 43.4 Å². The lowest BCUT2D eigenvalue weighted by Crippen LogP contribution is -2.54. The fourth-order valence-electron chi connectivity index (χ4n) is 7.89. The molecule has 0 radical (unpaired) electrons. The zero-order valence-corrected chi connectivity index (χ0v) is 42.7. The van der Waals surface area contributed by atoms with Gasteiger partial charge in [-0.15, -0.1) is 0 Å². The number of carbonyl (C=O) groups is 7. The molecular formula is C53H75N11O8. The van der Waals surface area contributed by atoms with Gasteiger partial charge in [0.05, 0.1) is 17.6 Å². The number of pyridine rings is 1. The Hall–Kier alpha value is -7.31. The van der Waals surface area contributed by atoms with Gasteiger partial charge in [-0.2, -0.15) is 0 Å². The number of nitrogens with two attached hydrogens (primary N) is 2. The lowest BCUT2D eigenvalue weighted by molar-refractivity contribution is -0.132. The number of benzene rings is 2. The van der Waals surface area contributed by atoms with Gasteiger partial charge < -0.3 is 53.0 Å². The molecule has 1 aliphatic rings. The number of carbonyl (C=O) groups excluding carboxylic acids is 7. The number of aliphatic imine (C=N–C) groups is 1. The maximum Gasteiger partial charge on any atom is 0.407 e. The van der Waals surface area contributed by atoms with Gasteiger partial charge in [0.2, 0.25) is 23.6 Å². The van der Waals surface area contributed by atoms with Crippen molar-refractivity contribution in [2.45, 2.75) is 137 Å². The number of fused-ring (bicyclic) bond motifs is 1. The summed E-state index contributed by atoms with van der Waals surface area (Å²) in [4.78, 5) is 101. The minimum absolute atomic E-state index is 0.0495. The first kappa shape index (κ1) is 57.3. The standard InChI is InChI=1S/C53H75N11O8/c1-7-24-64(25-8-2)51(69)40-27-38-19-20-39(28-44(38)61-45(54)29-40)48(66)60-42-26-37(30-56-32-42)31-58-53(71)72-33-36-17-21-41(22-18-36)59-49(67)43(15-13-23-57-52(55)70)62-50(68)47(35(5)6)63-46(65)16-12-10-9-11-14-34(3)4/h17-22,26-28,30,32,34-35,43,47H,7-16,23-25,29,31,33H2,1-6H3,(H2,54,61)(H,58,71)(H,59,67)(H,60,66)(H,62,68)(H,63,65)(H3,55,57,70)/t43-,47-/m0/s1. The van der Waals surface area contributed by atoms with Gasteiger partial charge >= 0.3 is 12.1 Å². The van der Waals surface area contributed by atoms with Crippen molar-refractivity contribution in [1.82, 2.24) is 31.2 Å². The molecule has 8 amide bonds. The number of hydrogen-bond donors (Lipinski definition) is 8. The van der Waals surface area contributed by atoms with Gasteiger partial charge in [0, 0.05) is 67.6 Å². The topological polar surface area (TPSA) is 281 Å². The molecule has 0 saturated heterocycles. The second kappa shape index (κ2) is 29.8. The molecule has 1 aromatic heterocycles. The number of nitrogens with zero attached hydrogens (tertiary/aromatic N) is 3. The Balaban J connectivity index is 1.28. The van der Waals surface area contributed by atoms with Crippen molar-refractivity contribution >= 4 is 70.6 Å². The molecule has 0 aliphatic carbocycles. The molecule has 390 valence electrons. The zero-order chi connectivity index (χ0) is 52.6. The van der Waals surface area contributed by atoms with Crippen LogP contribution in [0.1, 0.15) is 139 Å². The van der Waals surface area contributed by atoms with Crippen LogP contribution in [-0.2, 0) is 37.1 Å².